The van der Waals surface area contributed by atoms with Gasteiger partial charge in [0.15, 0.2) is 0 Å². The van der Waals surface area contributed by atoms with Crippen LogP contribution in [-0.4, -0.2) is 27.4 Å². The number of amides is 1. The van der Waals surface area contributed by atoms with E-state index in [0.717, 1.165) is 11.1 Å². The van der Waals surface area contributed by atoms with Gasteiger partial charge in [0.05, 0.1) is 4.90 Å². The zero-order valence-corrected chi connectivity index (χ0v) is 16.9. The number of nitrogens with one attached hydrogen (secondary N) is 1. The second kappa shape index (κ2) is 8.20. The highest BCUT2D eigenvalue weighted by atomic mass is 35.5. The Kier molecular flexibility index (Phi) is 6.44. The summed E-state index contributed by atoms with van der Waals surface area (Å²) in [6, 6.07) is 10.6. The van der Waals surface area contributed by atoms with E-state index in [1.54, 1.807) is 37.3 Å². The van der Waals surface area contributed by atoms with E-state index in [0.29, 0.717) is 16.3 Å². The van der Waals surface area contributed by atoms with E-state index < -0.39 is 10.0 Å². The molecule has 0 fully saturated rings. The van der Waals surface area contributed by atoms with E-state index in [9.17, 15) is 13.2 Å². The Morgan fingerprint density at radius 2 is 1.85 bits per heavy atom. The van der Waals surface area contributed by atoms with E-state index in [2.05, 4.69) is 4.72 Å². The molecule has 0 aromatic heterocycles. The minimum atomic E-state index is -3.65. The molecule has 0 radical (unpaired) electrons. The lowest BCUT2D eigenvalue weighted by Gasteiger charge is -2.24. The number of anilines is 1. The van der Waals surface area contributed by atoms with Crippen molar-refractivity contribution in [1.29, 1.82) is 0 Å². The Bertz CT molecular complexity index is 926. The number of carbonyl (C=O) groups excluding carboxylic acids is 1. The lowest BCUT2D eigenvalue weighted by molar-refractivity contribution is -0.116. The topological polar surface area (TPSA) is 66.5 Å². The first kappa shape index (κ1) is 20.4. The van der Waals surface area contributed by atoms with E-state index in [1.165, 1.54) is 11.8 Å². The fourth-order valence-electron chi connectivity index (χ4n) is 2.70. The van der Waals surface area contributed by atoms with Gasteiger partial charge in [-0.15, -0.1) is 0 Å². The van der Waals surface area contributed by atoms with Gasteiger partial charge in [-0.1, -0.05) is 29.8 Å². The van der Waals surface area contributed by atoms with Crippen molar-refractivity contribution in [3.8, 4) is 0 Å². The molecule has 0 aliphatic heterocycles. The molecule has 0 saturated carbocycles. The molecule has 0 aliphatic rings. The minimum Gasteiger partial charge on any atom is -0.311 e. The summed E-state index contributed by atoms with van der Waals surface area (Å²) in [5.41, 5.74) is 3.01. The molecule has 2 aromatic carbocycles. The van der Waals surface area contributed by atoms with Gasteiger partial charge >= 0.3 is 0 Å². The van der Waals surface area contributed by atoms with Gasteiger partial charge in [-0.3, -0.25) is 4.79 Å². The minimum absolute atomic E-state index is 0.0985. The van der Waals surface area contributed by atoms with Gasteiger partial charge in [0.1, 0.15) is 0 Å². The molecular formula is C19H23ClN2O3S. The smallest absolute Gasteiger partial charge is 0.240 e. The molecule has 7 heteroatoms. The molecule has 0 bridgehead atoms. The molecule has 0 atom stereocenters. The molecule has 1 N–H and O–H groups in total. The average molecular weight is 395 g/mol. The monoisotopic (exact) mass is 394 g/mol. The van der Waals surface area contributed by atoms with Crippen molar-refractivity contribution in [2.75, 3.05) is 18.0 Å². The second-order valence-corrected chi connectivity index (χ2v) is 8.36. The number of nitrogens with zero attached hydrogens (tertiary/aromatic N) is 1. The van der Waals surface area contributed by atoms with Crippen molar-refractivity contribution in [3.05, 3.63) is 58.1 Å². The molecule has 0 unspecified atom stereocenters. The third-order valence-electron chi connectivity index (χ3n) is 4.17. The lowest BCUT2D eigenvalue weighted by atomic mass is 10.1. The summed E-state index contributed by atoms with van der Waals surface area (Å²) >= 11 is 6.13. The van der Waals surface area contributed by atoms with Crippen LogP contribution in [0.25, 0.3) is 0 Å². The van der Waals surface area contributed by atoms with E-state index >= 15 is 0 Å². The number of halogens is 1. The van der Waals surface area contributed by atoms with Crippen LogP contribution in [0, 0.1) is 20.8 Å². The largest absolute Gasteiger partial charge is 0.311 e. The first-order valence-electron chi connectivity index (χ1n) is 8.23. The number of rotatable bonds is 6. The maximum Gasteiger partial charge on any atom is 0.240 e. The molecule has 0 spiro atoms. The Morgan fingerprint density at radius 1 is 1.15 bits per heavy atom. The van der Waals surface area contributed by atoms with Gasteiger partial charge < -0.3 is 4.90 Å². The number of sulfonamides is 1. The van der Waals surface area contributed by atoms with Crippen molar-refractivity contribution < 1.29 is 13.2 Å². The molecular weight excluding hydrogens is 372 g/mol. The first-order valence-corrected chi connectivity index (χ1v) is 10.1. The molecule has 0 saturated heterocycles. The van der Waals surface area contributed by atoms with Crippen LogP contribution in [0.3, 0.4) is 0 Å². The van der Waals surface area contributed by atoms with E-state index in [-0.39, 0.29) is 23.9 Å². The fraction of sp³-hybridized carbons (Fsp3) is 0.316. The summed E-state index contributed by atoms with van der Waals surface area (Å²) < 4.78 is 27.7. The van der Waals surface area contributed by atoms with Gasteiger partial charge in [-0.2, -0.15) is 0 Å². The number of hydrogen-bond donors (Lipinski definition) is 1. The predicted molar refractivity (Wildman–Crippen MR) is 105 cm³/mol. The Morgan fingerprint density at radius 3 is 2.50 bits per heavy atom. The summed E-state index contributed by atoms with van der Waals surface area (Å²) in [7, 11) is -3.65. The molecule has 5 nitrogen and oxygen atoms in total. The zero-order chi connectivity index (χ0) is 19.5. The van der Waals surface area contributed by atoms with Crippen molar-refractivity contribution in [2.45, 2.75) is 32.6 Å². The first-order chi connectivity index (χ1) is 12.1. The van der Waals surface area contributed by atoms with Crippen LogP contribution in [0.2, 0.25) is 5.02 Å². The molecule has 0 aliphatic carbocycles. The maximum atomic E-state index is 12.6. The third-order valence-corrected chi connectivity index (χ3v) is 6.18. The van der Waals surface area contributed by atoms with Gasteiger partial charge in [0.2, 0.25) is 15.9 Å². The molecule has 1 amide bonds. The van der Waals surface area contributed by atoms with E-state index in [4.69, 9.17) is 11.6 Å². The Hall–Kier alpha value is -1.89. The number of hydrogen-bond acceptors (Lipinski definition) is 3. The summed E-state index contributed by atoms with van der Waals surface area (Å²) in [6.45, 7) is 7.18. The number of aryl methyl sites for hydroxylation is 2. The van der Waals surface area contributed by atoms with Crippen LogP contribution in [-0.2, 0) is 14.8 Å². The molecule has 2 rings (SSSR count). The standard InChI is InChI=1S/C19H23ClN2O3S/c1-13-8-9-14(2)19(12-13)26(24,25)21-10-11-22(16(4)23)18-7-5-6-17(20)15(18)3/h5-9,12,21H,10-11H2,1-4H3. The SMILES string of the molecule is CC(=O)N(CCNS(=O)(=O)c1cc(C)ccc1C)c1cccc(Cl)c1C. The highest BCUT2D eigenvalue weighted by Crippen LogP contribution is 2.26. The van der Waals surface area contributed by atoms with Crippen LogP contribution in [0.4, 0.5) is 5.69 Å². The quantitative estimate of drug-likeness (QED) is 0.814. The van der Waals surface area contributed by atoms with Crippen LogP contribution < -0.4 is 9.62 Å². The third kappa shape index (κ3) is 4.63. The average Bonchev–Trinajstić information content (AvgIpc) is 2.56. The van der Waals surface area contributed by atoms with Crippen molar-refractivity contribution in [1.82, 2.24) is 4.72 Å². The lowest BCUT2D eigenvalue weighted by Crippen LogP contribution is -2.38. The summed E-state index contributed by atoms with van der Waals surface area (Å²) in [4.78, 5) is 13.8. The van der Waals surface area contributed by atoms with Gasteiger partial charge in [-0.25, -0.2) is 13.1 Å². The van der Waals surface area contributed by atoms with E-state index in [1.807, 2.05) is 19.9 Å². The van der Waals surface area contributed by atoms with Gasteiger partial charge in [0.25, 0.3) is 0 Å². The fourth-order valence-corrected chi connectivity index (χ4v) is 4.22. The van der Waals surface area contributed by atoms with Crippen LogP contribution >= 0.6 is 11.6 Å². The highest BCUT2D eigenvalue weighted by molar-refractivity contribution is 7.89. The molecule has 2 aromatic rings. The van der Waals surface area contributed by atoms with Crippen LogP contribution in [0.15, 0.2) is 41.3 Å². The maximum absolute atomic E-state index is 12.6. The van der Waals surface area contributed by atoms with Crippen molar-refractivity contribution in [3.63, 3.8) is 0 Å². The summed E-state index contributed by atoms with van der Waals surface area (Å²) in [5, 5.41) is 0.560. The normalized spacial score (nSPS) is 11.4. The molecule has 0 heterocycles. The summed E-state index contributed by atoms with van der Waals surface area (Å²) in [6.07, 6.45) is 0. The Balaban J connectivity index is 2.16. The van der Waals surface area contributed by atoms with Gasteiger partial charge in [-0.05, 0) is 55.7 Å². The van der Waals surface area contributed by atoms with Crippen LogP contribution in [0.1, 0.15) is 23.6 Å². The zero-order valence-electron chi connectivity index (χ0n) is 15.3. The van der Waals surface area contributed by atoms with Crippen molar-refractivity contribution >= 4 is 33.2 Å². The predicted octanol–water partition coefficient (Wildman–Crippen LogP) is 3.60. The number of benzene rings is 2. The molecule has 26 heavy (non-hydrogen) atoms. The number of carbonyl (C=O) groups is 1. The van der Waals surface area contributed by atoms with Crippen molar-refractivity contribution in [2.24, 2.45) is 0 Å². The highest BCUT2D eigenvalue weighted by Gasteiger charge is 2.19. The van der Waals surface area contributed by atoms with Crippen LogP contribution in [0.5, 0.6) is 0 Å². The second-order valence-electron chi connectivity index (χ2n) is 6.22. The molecule has 140 valence electrons. The summed E-state index contributed by atoms with van der Waals surface area (Å²) in [5.74, 6) is -0.179. The van der Waals surface area contributed by atoms with Gasteiger partial charge in [0, 0.05) is 30.7 Å². The Labute approximate surface area is 160 Å².